The van der Waals surface area contributed by atoms with Crippen molar-refractivity contribution in [1.82, 2.24) is 5.32 Å². The highest BCUT2D eigenvalue weighted by molar-refractivity contribution is 6.33. The predicted octanol–water partition coefficient (Wildman–Crippen LogP) is 4.91. The predicted molar refractivity (Wildman–Crippen MR) is 94.8 cm³/mol. The zero-order chi connectivity index (χ0) is 17.5. The van der Waals surface area contributed by atoms with Gasteiger partial charge in [-0.25, -0.2) is 4.79 Å². The summed E-state index contributed by atoms with van der Waals surface area (Å²) in [6.07, 6.45) is -0.183. The zero-order valence-corrected chi connectivity index (χ0v) is 14.6. The minimum Gasteiger partial charge on any atom is -0.497 e. The lowest BCUT2D eigenvalue weighted by molar-refractivity contribution is 0.175. The van der Waals surface area contributed by atoms with E-state index < -0.39 is 6.09 Å². The molecular formula is C19H20ClNO3. The smallest absolute Gasteiger partial charge is 0.405 e. The van der Waals surface area contributed by atoms with Crippen LogP contribution in [0.25, 0.3) is 11.1 Å². The van der Waals surface area contributed by atoms with Crippen LogP contribution in [0.15, 0.2) is 36.4 Å². The van der Waals surface area contributed by atoms with Crippen molar-refractivity contribution in [2.24, 2.45) is 5.41 Å². The minimum absolute atomic E-state index is 0.164. The van der Waals surface area contributed by atoms with Gasteiger partial charge in [-0.15, -0.1) is 0 Å². The summed E-state index contributed by atoms with van der Waals surface area (Å²) in [5.74, 6) is 0.719. The number of amides is 1. The molecule has 2 N–H and O–H groups in total. The fourth-order valence-corrected chi connectivity index (χ4v) is 3.76. The van der Waals surface area contributed by atoms with Gasteiger partial charge in [0.05, 0.1) is 18.2 Å². The Labute approximate surface area is 146 Å². The molecule has 126 valence electrons. The number of nitrogens with one attached hydrogen (secondary N) is 1. The molecule has 1 amide bonds. The molecule has 0 saturated carbocycles. The molecule has 2 aromatic rings. The molecule has 2 aromatic carbocycles. The highest BCUT2D eigenvalue weighted by atomic mass is 35.5. The van der Waals surface area contributed by atoms with Gasteiger partial charge < -0.3 is 15.2 Å². The van der Waals surface area contributed by atoms with Gasteiger partial charge in [-0.2, -0.15) is 0 Å². The van der Waals surface area contributed by atoms with Crippen LogP contribution in [0.2, 0.25) is 5.02 Å². The Balaban J connectivity index is 2.00. The third-order valence-electron chi connectivity index (χ3n) is 4.64. The number of hydrogen-bond donors (Lipinski definition) is 2. The van der Waals surface area contributed by atoms with Crippen LogP contribution in [0.5, 0.6) is 5.75 Å². The highest BCUT2D eigenvalue weighted by Crippen LogP contribution is 2.46. The van der Waals surface area contributed by atoms with Gasteiger partial charge in [-0.1, -0.05) is 43.6 Å². The normalized spacial score (nSPS) is 18.1. The van der Waals surface area contributed by atoms with Crippen LogP contribution in [0.3, 0.4) is 0 Å². The summed E-state index contributed by atoms with van der Waals surface area (Å²) in [5, 5.41) is 12.4. The summed E-state index contributed by atoms with van der Waals surface area (Å²) >= 11 is 6.38. The van der Waals surface area contributed by atoms with Crippen molar-refractivity contribution in [2.45, 2.75) is 26.3 Å². The average Bonchev–Trinajstić information content (AvgIpc) is 2.76. The monoisotopic (exact) mass is 345 g/mol. The van der Waals surface area contributed by atoms with E-state index in [2.05, 4.69) is 25.2 Å². The number of benzene rings is 2. The van der Waals surface area contributed by atoms with Gasteiger partial charge in [0.2, 0.25) is 0 Å². The number of carboxylic acid groups (broad SMARTS) is 1. The lowest BCUT2D eigenvalue weighted by Gasteiger charge is -2.27. The first-order valence-corrected chi connectivity index (χ1v) is 8.16. The van der Waals surface area contributed by atoms with Gasteiger partial charge >= 0.3 is 6.09 Å². The third-order valence-corrected chi connectivity index (χ3v) is 4.95. The van der Waals surface area contributed by atoms with Crippen molar-refractivity contribution in [1.29, 1.82) is 0 Å². The van der Waals surface area contributed by atoms with Crippen LogP contribution in [-0.2, 0) is 6.42 Å². The van der Waals surface area contributed by atoms with Crippen molar-refractivity contribution in [3.05, 3.63) is 52.5 Å². The Hall–Kier alpha value is -2.20. The van der Waals surface area contributed by atoms with Gasteiger partial charge in [0.1, 0.15) is 5.75 Å². The zero-order valence-electron chi connectivity index (χ0n) is 13.9. The summed E-state index contributed by atoms with van der Waals surface area (Å²) in [4.78, 5) is 11.1. The summed E-state index contributed by atoms with van der Waals surface area (Å²) in [5.41, 5.74) is 3.99. The van der Waals surface area contributed by atoms with E-state index in [0.717, 1.165) is 34.4 Å². The van der Waals surface area contributed by atoms with Crippen LogP contribution >= 0.6 is 11.6 Å². The lowest BCUT2D eigenvalue weighted by Crippen LogP contribution is -2.34. The number of fused-ring (bicyclic) bond motifs is 1. The van der Waals surface area contributed by atoms with Gasteiger partial charge in [0.15, 0.2) is 0 Å². The van der Waals surface area contributed by atoms with Crippen molar-refractivity contribution in [3.63, 3.8) is 0 Å². The van der Waals surface area contributed by atoms with E-state index in [0.29, 0.717) is 5.02 Å². The number of ether oxygens (including phenoxy) is 1. The minimum atomic E-state index is -0.997. The summed E-state index contributed by atoms with van der Waals surface area (Å²) < 4.78 is 5.19. The molecule has 1 aliphatic rings. The molecule has 3 rings (SSSR count). The number of hydrogen-bond acceptors (Lipinski definition) is 2. The van der Waals surface area contributed by atoms with E-state index in [1.165, 1.54) is 0 Å². The van der Waals surface area contributed by atoms with Crippen LogP contribution in [-0.4, -0.2) is 18.3 Å². The van der Waals surface area contributed by atoms with Gasteiger partial charge in [-0.3, -0.25) is 0 Å². The third kappa shape index (κ3) is 2.94. The van der Waals surface area contributed by atoms with E-state index in [1.54, 1.807) is 13.2 Å². The summed E-state index contributed by atoms with van der Waals surface area (Å²) in [6, 6.07) is 11.5. The molecule has 0 bridgehead atoms. The second kappa shape index (κ2) is 6.02. The first-order chi connectivity index (χ1) is 11.3. The number of methoxy groups -OCH3 is 1. The maximum atomic E-state index is 11.1. The summed E-state index contributed by atoms with van der Waals surface area (Å²) in [6.45, 7) is 4.15. The number of carbonyl (C=O) groups is 1. The number of halogens is 1. The van der Waals surface area contributed by atoms with E-state index in [1.807, 2.05) is 24.3 Å². The molecule has 1 unspecified atom stereocenters. The van der Waals surface area contributed by atoms with Crippen molar-refractivity contribution in [2.75, 3.05) is 7.11 Å². The largest absolute Gasteiger partial charge is 0.497 e. The molecule has 1 aliphatic carbocycles. The van der Waals surface area contributed by atoms with Crippen molar-refractivity contribution >= 4 is 17.7 Å². The molecule has 5 heteroatoms. The molecule has 0 fully saturated rings. The maximum Gasteiger partial charge on any atom is 0.405 e. The first-order valence-electron chi connectivity index (χ1n) is 7.78. The highest BCUT2D eigenvalue weighted by Gasteiger charge is 2.40. The Morgan fingerprint density at radius 1 is 1.29 bits per heavy atom. The molecule has 24 heavy (non-hydrogen) atoms. The Morgan fingerprint density at radius 2 is 2.04 bits per heavy atom. The maximum absolute atomic E-state index is 11.1. The first kappa shape index (κ1) is 16.7. The van der Waals surface area contributed by atoms with Crippen LogP contribution in [0.1, 0.15) is 31.0 Å². The molecule has 4 nitrogen and oxygen atoms in total. The van der Waals surface area contributed by atoms with E-state index in [-0.39, 0.29) is 11.5 Å². The van der Waals surface area contributed by atoms with E-state index in [4.69, 9.17) is 21.4 Å². The van der Waals surface area contributed by atoms with Crippen LogP contribution in [0, 0.1) is 5.41 Å². The molecule has 0 saturated heterocycles. The van der Waals surface area contributed by atoms with Gasteiger partial charge in [-0.05, 0) is 46.7 Å². The topological polar surface area (TPSA) is 58.6 Å². The van der Waals surface area contributed by atoms with Gasteiger partial charge in [0.25, 0.3) is 0 Å². The van der Waals surface area contributed by atoms with Crippen molar-refractivity contribution in [3.8, 4) is 16.9 Å². The fraction of sp³-hybridized carbons (Fsp3) is 0.316. The Morgan fingerprint density at radius 3 is 2.67 bits per heavy atom. The van der Waals surface area contributed by atoms with Crippen molar-refractivity contribution < 1.29 is 14.6 Å². The second-order valence-electron chi connectivity index (χ2n) is 6.81. The Kier molecular flexibility index (Phi) is 4.18. The molecule has 0 spiro atoms. The Bertz CT molecular complexity index is 801. The molecule has 0 aliphatic heterocycles. The second-order valence-corrected chi connectivity index (χ2v) is 7.21. The SMILES string of the molecule is COc1ccc(-c2ccc3c(c2)CC(C)(C)C3NC(=O)O)c(Cl)c1. The molecule has 0 aromatic heterocycles. The molecule has 0 radical (unpaired) electrons. The summed E-state index contributed by atoms with van der Waals surface area (Å²) in [7, 11) is 1.61. The van der Waals surface area contributed by atoms with E-state index in [9.17, 15) is 4.79 Å². The average molecular weight is 346 g/mol. The number of rotatable bonds is 3. The standard InChI is InChI=1S/C19H20ClNO3/c1-19(2)10-12-8-11(4-6-15(12)17(19)21-18(22)23)14-7-5-13(24-3)9-16(14)20/h4-9,17,21H,10H2,1-3H3,(H,22,23). The molecular weight excluding hydrogens is 326 g/mol. The molecule has 1 atom stereocenters. The van der Waals surface area contributed by atoms with Gasteiger partial charge in [0, 0.05) is 5.56 Å². The van der Waals surface area contributed by atoms with E-state index >= 15 is 0 Å². The van der Waals surface area contributed by atoms with Crippen LogP contribution < -0.4 is 10.1 Å². The quantitative estimate of drug-likeness (QED) is 0.831. The van der Waals surface area contributed by atoms with Crippen LogP contribution in [0.4, 0.5) is 4.79 Å². The lowest BCUT2D eigenvalue weighted by atomic mass is 9.85. The molecule has 0 heterocycles. The fourth-order valence-electron chi connectivity index (χ4n) is 3.48.